The fourth-order valence-electron chi connectivity index (χ4n) is 2.65. The Labute approximate surface area is 107 Å². The van der Waals surface area contributed by atoms with Crippen LogP contribution in [0.3, 0.4) is 0 Å². The molecule has 2 aliphatic rings. The summed E-state index contributed by atoms with van der Waals surface area (Å²) < 4.78 is 16.4. The molecule has 5 heteroatoms. The van der Waals surface area contributed by atoms with Crippen molar-refractivity contribution in [1.82, 2.24) is 10.1 Å². The lowest BCUT2D eigenvalue weighted by Gasteiger charge is -2.20. The predicted octanol–water partition coefficient (Wildman–Crippen LogP) is 2.42. The van der Waals surface area contributed by atoms with Crippen molar-refractivity contribution in [3.05, 3.63) is 11.7 Å². The van der Waals surface area contributed by atoms with Gasteiger partial charge in [0.2, 0.25) is 0 Å². The Morgan fingerprint density at radius 1 is 1.17 bits per heavy atom. The van der Waals surface area contributed by atoms with Crippen LogP contribution in [-0.4, -0.2) is 29.5 Å². The van der Waals surface area contributed by atoms with Gasteiger partial charge < -0.3 is 14.0 Å². The molecule has 2 fully saturated rings. The fourth-order valence-corrected chi connectivity index (χ4v) is 2.65. The minimum atomic E-state index is 0.303. The molecule has 0 bridgehead atoms. The van der Waals surface area contributed by atoms with Crippen molar-refractivity contribution in [3.8, 4) is 0 Å². The van der Waals surface area contributed by atoms with E-state index in [1.165, 1.54) is 19.3 Å². The molecular weight excluding hydrogens is 232 g/mol. The van der Waals surface area contributed by atoms with E-state index in [1.54, 1.807) is 0 Å². The Morgan fingerprint density at radius 2 is 2.06 bits per heavy atom. The maximum absolute atomic E-state index is 5.82. The van der Waals surface area contributed by atoms with Gasteiger partial charge in [0, 0.05) is 12.5 Å². The fraction of sp³-hybridized carbons (Fsp3) is 0.846. The van der Waals surface area contributed by atoms with Crippen LogP contribution in [-0.2, 0) is 16.1 Å². The van der Waals surface area contributed by atoms with Gasteiger partial charge in [-0.3, -0.25) is 0 Å². The minimum absolute atomic E-state index is 0.303. The number of nitrogens with zero attached hydrogens (tertiary/aromatic N) is 2. The summed E-state index contributed by atoms with van der Waals surface area (Å²) in [5.74, 6) is 1.68. The highest BCUT2D eigenvalue weighted by atomic mass is 16.5. The Bertz CT molecular complexity index is 368. The number of hydrogen-bond acceptors (Lipinski definition) is 5. The van der Waals surface area contributed by atoms with E-state index in [-0.39, 0.29) is 0 Å². The molecule has 0 N–H and O–H groups in total. The Balaban J connectivity index is 1.50. The summed E-state index contributed by atoms with van der Waals surface area (Å²) in [5, 5.41) is 4.02. The maximum atomic E-state index is 5.82. The lowest BCUT2D eigenvalue weighted by Crippen LogP contribution is -2.16. The van der Waals surface area contributed by atoms with Gasteiger partial charge in [-0.05, 0) is 19.3 Å². The SMILES string of the molecule is C1CCC(OCc2nc([C@@H]3CCOC3)no2)CC1. The van der Waals surface area contributed by atoms with Gasteiger partial charge in [-0.2, -0.15) is 4.98 Å². The van der Waals surface area contributed by atoms with E-state index in [1.807, 2.05) is 0 Å². The lowest BCUT2D eigenvalue weighted by atomic mass is 9.98. The van der Waals surface area contributed by atoms with Crippen LogP contribution in [0.2, 0.25) is 0 Å². The Morgan fingerprint density at radius 3 is 2.83 bits per heavy atom. The van der Waals surface area contributed by atoms with Crippen LogP contribution in [0.15, 0.2) is 4.52 Å². The standard InChI is InChI=1S/C13H20N2O3/c1-2-4-11(5-3-1)17-9-12-14-13(15-18-12)10-6-7-16-8-10/h10-11H,1-9H2/t10-/m1/s1. The summed E-state index contributed by atoms with van der Waals surface area (Å²) >= 11 is 0. The van der Waals surface area contributed by atoms with Crippen molar-refractivity contribution in [2.75, 3.05) is 13.2 Å². The van der Waals surface area contributed by atoms with Crippen LogP contribution in [0.4, 0.5) is 0 Å². The van der Waals surface area contributed by atoms with Gasteiger partial charge in [-0.25, -0.2) is 0 Å². The second-order valence-corrected chi connectivity index (χ2v) is 5.18. The highest BCUT2D eigenvalue weighted by Crippen LogP contribution is 2.24. The second kappa shape index (κ2) is 5.80. The molecule has 1 atom stereocenters. The number of ether oxygens (including phenoxy) is 2. The number of aromatic nitrogens is 2. The van der Waals surface area contributed by atoms with Crippen molar-refractivity contribution in [3.63, 3.8) is 0 Å². The molecule has 18 heavy (non-hydrogen) atoms. The van der Waals surface area contributed by atoms with Crippen LogP contribution < -0.4 is 0 Å². The van der Waals surface area contributed by atoms with Crippen LogP contribution in [0, 0.1) is 0 Å². The average Bonchev–Trinajstić information content (AvgIpc) is 3.08. The van der Waals surface area contributed by atoms with Gasteiger partial charge in [0.1, 0.15) is 6.61 Å². The summed E-state index contributed by atoms with van der Waals surface area (Å²) in [4.78, 5) is 4.39. The quantitative estimate of drug-likeness (QED) is 0.823. The molecule has 5 nitrogen and oxygen atoms in total. The van der Waals surface area contributed by atoms with E-state index in [0.29, 0.717) is 31.1 Å². The summed E-state index contributed by atoms with van der Waals surface area (Å²) in [7, 11) is 0. The smallest absolute Gasteiger partial charge is 0.252 e. The maximum Gasteiger partial charge on any atom is 0.252 e. The molecule has 0 aromatic carbocycles. The van der Waals surface area contributed by atoms with Crippen LogP contribution in [0.5, 0.6) is 0 Å². The van der Waals surface area contributed by atoms with Crippen LogP contribution >= 0.6 is 0 Å². The van der Waals surface area contributed by atoms with Crippen molar-refractivity contribution >= 4 is 0 Å². The van der Waals surface area contributed by atoms with Gasteiger partial charge in [0.15, 0.2) is 5.82 Å². The number of hydrogen-bond donors (Lipinski definition) is 0. The van der Waals surface area contributed by atoms with E-state index < -0.39 is 0 Å². The van der Waals surface area contributed by atoms with E-state index in [4.69, 9.17) is 14.0 Å². The molecular formula is C13H20N2O3. The Kier molecular flexibility index (Phi) is 3.90. The molecule has 0 radical (unpaired) electrons. The summed E-state index contributed by atoms with van der Waals surface area (Å²) in [6, 6.07) is 0. The third-order valence-electron chi connectivity index (χ3n) is 3.77. The second-order valence-electron chi connectivity index (χ2n) is 5.18. The lowest BCUT2D eigenvalue weighted by molar-refractivity contribution is 0.00462. The largest absolute Gasteiger partial charge is 0.381 e. The van der Waals surface area contributed by atoms with Gasteiger partial charge in [-0.15, -0.1) is 0 Å². The molecule has 100 valence electrons. The van der Waals surface area contributed by atoms with Crippen molar-refractivity contribution < 1.29 is 14.0 Å². The number of rotatable bonds is 4. The molecule has 1 aliphatic carbocycles. The zero-order valence-corrected chi connectivity index (χ0v) is 10.6. The molecule has 0 amide bonds. The molecule has 1 saturated carbocycles. The van der Waals surface area contributed by atoms with Crippen LogP contribution in [0.25, 0.3) is 0 Å². The predicted molar refractivity (Wildman–Crippen MR) is 64.1 cm³/mol. The van der Waals surface area contributed by atoms with Gasteiger partial charge in [-0.1, -0.05) is 24.4 Å². The normalized spacial score (nSPS) is 25.7. The first kappa shape index (κ1) is 12.1. The van der Waals surface area contributed by atoms with E-state index in [0.717, 1.165) is 31.7 Å². The first-order valence-electron chi connectivity index (χ1n) is 6.93. The molecule has 2 heterocycles. The van der Waals surface area contributed by atoms with Gasteiger partial charge in [0.25, 0.3) is 5.89 Å². The summed E-state index contributed by atoms with van der Waals surface area (Å²) in [6.45, 7) is 1.96. The molecule has 0 spiro atoms. The molecule has 3 rings (SSSR count). The van der Waals surface area contributed by atoms with Gasteiger partial charge in [0.05, 0.1) is 12.7 Å². The molecule has 1 aromatic rings. The topological polar surface area (TPSA) is 57.4 Å². The van der Waals surface area contributed by atoms with E-state index in [2.05, 4.69) is 10.1 Å². The first-order chi connectivity index (χ1) is 8.92. The zero-order valence-electron chi connectivity index (χ0n) is 10.6. The van der Waals surface area contributed by atoms with Crippen molar-refractivity contribution in [1.29, 1.82) is 0 Å². The Hall–Kier alpha value is -0.940. The zero-order chi connectivity index (χ0) is 12.2. The summed E-state index contributed by atoms with van der Waals surface area (Å²) in [5.41, 5.74) is 0. The third kappa shape index (κ3) is 2.90. The van der Waals surface area contributed by atoms with Crippen molar-refractivity contribution in [2.45, 2.75) is 57.2 Å². The van der Waals surface area contributed by atoms with Crippen LogP contribution in [0.1, 0.15) is 56.2 Å². The summed E-state index contributed by atoms with van der Waals surface area (Å²) in [6.07, 6.45) is 7.59. The monoisotopic (exact) mass is 252 g/mol. The molecule has 0 unspecified atom stereocenters. The van der Waals surface area contributed by atoms with Gasteiger partial charge >= 0.3 is 0 Å². The average molecular weight is 252 g/mol. The third-order valence-corrected chi connectivity index (χ3v) is 3.77. The first-order valence-corrected chi connectivity index (χ1v) is 6.93. The molecule has 1 aliphatic heterocycles. The van der Waals surface area contributed by atoms with E-state index >= 15 is 0 Å². The highest BCUT2D eigenvalue weighted by Gasteiger charge is 2.23. The molecule has 1 aromatic heterocycles. The minimum Gasteiger partial charge on any atom is -0.381 e. The molecule has 1 saturated heterocycles. The highest BCUT2D eigenvalue weighted by molar-refractivity contribution is 4.97. The van der Waals surface area contributed by atoms with Crippen molar-refractivity contribution in [2.24, 2.45) is 0 Å². The van der Waals surface area contributed by atoms with E-state index in [9.17, 15) is 0 Å².